The molecule has 4 rings (SSSR count). The smallest absolute Gasteiger partial charge is 0.243 e. The van der Waals surface area contributed by atoms with Gasteiger partial charge in [-0.05, 0) is 41.0 Å². The van der Waals surface area contributed by atoms with Crippen LogP contribution in [0.3, 0.4) is 0 Å². The first-order chi connectivity index (χ1) is 18.6. The van der Waals surface area contributed by atoms with Crippen LogP contribution in [0.4, 0.5) is 0 Å². The van der Waals surface area contributed by atoms with Gasteiger partial charge in [-0.3, -0.25) is 9.59 Å². The largest absolute Gasteiger partial charge is 0.493 e. The van der Waals surface area contributed by atoms with Gasteiger partial charge in [0.2, 0.25) is 11.8 Å². The number of rotatable bonds is 12. The Hall–Kier alpha value is -4.52. The van der Waals surface area contributed by atoms with Crippen molar-refractivity contribution in [2.45, 2.75) is 32.0 Å². The summed E-state index contributed by atoms with van der Waals surface area (Å²) >= 11 is 0. The van der Waals surface area contributed by atoms with Crippen molar-refractivity contribution in [3.05, 3.63) is 120 Å². The van der Waals surface area contributed by atoms with Gasteiger partial charge in [-0.1, -0.05) is 66.7 Å². The summed E-state index contributed by atoms with van der Waals surface area (Å²) in [7, 11) is 3.13. The van der Waals surface area contributed by atoms with Crippen molar-refractivity contribution in [2.24, 2.45) is 0 Å². The summed E-state index contributed by atoms with van der Waals surface area (Å²) in [5.74, 6) is 1.36. The van der Waals surface area contributed by atoms with E-state index >= 15 is 0 Å². The van der Waals surface area contributed by atoms with Gasteiger partial charge in [0, 0.05) is 13.0 Å². The van der Waals surface area contributed by atoms with Crippen LogP contribution in [0.2, 0.25) is 0 Å². The molecule has 4 aromatic rings. The lowest BCUT2D eigenvalue weighted by Gasteiger charge is -2.31. The van der Waals surface area contributed by atoms with Crippen LogP contribution in [-0.2, 0) is 35.5 Å². The normalized spacial score (nSPS) is 11.4. The molecular formula is C31H32N2O5. The van der Waals surface area contributed by atoms with Crippen LogP contribution in [0.15, 0.2) is 102 Å². The van der Waals surface area contributed by atoms with Crippen LogP contribution in [0, 0.1) is 0 Å². The fourth-order valence-electron chi connectivity index (χ4n) is 4.31. The predicted molar refractivity (Wildman–Crippen MR) is 145 cm³/mol. The standard InChI is InChI=1S/C31H32N2O5/c1-36-28-16-15-25(19-29(28)37-2)20-30(34)33(22-24-12-7-4-8-13-24)27(18-23-10-5-3-6-11-23)31(35)32-21-26-14-9-17-38-26/h3-17,19,27H,18,20-22H2,1-2H3,(H,32,35). The van der Waals surface area contributed by atoms with Gasteiger partial charge in [0.15, 0.2) is 11.5 Å². The van der Waals surface area contributed by atoms with Gasteiger partial charge in [-0.2, -0.15) is 0 Å². The number of hydrogen-bond acceptors (Lipinski definition) is 5. The summed E-state index contributed by atoms with van der Waals surface area (Å²) in [5, 5.41) is 2.96. The van der Waals surface area contributed by atoms with Crippen molar-refractivity contribution < 1.29 is 23.5 Å². The minimum atomic E-state index is -0.736. The van der Waals surface area contributed by atoms with Crippen molar-refractivity contribution in [1.29, 1.82) is 0 Å². The van der Waals surface area contributed by atoms with Crippen molar-refractivity contribution in [3.63, 3.8) is 0 Å². The fourth-order valence-corrected chi connectivity index (χ4v) is 4.31. The molecule has 0 aliphatic heterocycles. The number of hydrogen-bond donors (Lipinski definition) is 1. The van der Waals surface area contributed by atoms with E-state index in [9.17, 15) is 9.59 Å². The summed E-state index contributed by atoms with van der Waals surface area (Å²) in [6.07, 6.45) is 2.04. The number of ether oxygens (including phenoxy) is 2. The van der Waals surface area contributed by atoms with Crippen molar-refractivity contribution >= 4 is 11.8 Å². The zero-order valence-electron chi connectivity index (χ0n) is 21.6. The lowest BCUT2D eigenvalue weighted by Crippen LogP contribution is -2.50. The molecule has 196 valence electrons. The van der Waals surface area contributed by atoms with Crippen molar-refractivity contribution in [2.75, 3.05) is 14.2 Å². The number of furan rings is 1. The molecule has 1 heterocycles. The van der Waals surface area contributed by atoms with E-state index in [0.29, 0.717) is 30.2 Å². The number of amides is 2. The Balaban J connectivity index is 1.64. The number of methoxy groups -OCH3 is 2. The Bertz CT molecular complexity index is 1310. The van der Waals surface area contributed by atoms with E-state index in [2.05, 4.69) is 5.32 Å². The fraction of sp³-hybridized carbons (Fsp3) is 0.226. The SMILES string of the molecule is COc1ccc(CC(=O)N(Cc2ccccc2)C(Cc2ccccc2)C(=O)NCc2ccco2)cc1OC. The molecule has 0 radical (unpaired) electrons. The lowest BCUT2D eigenvalue weighted by atomic mass is 10.0. The molecule has 38 heavy (non-hydrogen) atoms. The molecule has 0 bridgehead atoms. The zero-order chi connectivity index (χ0) is 26.7. The Kier molecular flexibility index (Phi) is 9.18. The van der Waals surface area contributed by atoms with E-state index in [1.54, 1.807) is 49.6 Å². The summed E-state index contributed by atoms with van der Waals surface area (Å²) < 4.78 is 16.1. The maximum absolute atomic E-state index is 13.9. The molecule has 3 aromatic carbocycles. The summed E-state index contributed by atoms with van der Waals surface area (Å²) in [5.41, 5.74) is 2.66. The van der Waals surface area contributed by atoms with Gasteiger partial charge in [-0.15, -0.1) is 0 Å². The second-order valence-corrected chi connectivity index (χ2v) is 8.88. The van der Waals surface area contributed by atoms with E-state index in [-0.39, 0.29) is 24.8 Å². The summed E-state index contributed by atoms with van der Waals surface area (Å²) in [6.45, 7) is 0.527. The molecule has 0 saturated heterocycles. The van der Waals surface area contributed by atoms with Crippen LogP contribution in [-0.4, -0.2) is 37.0 Å². The lowest BCUT2D eigenvalue weighted by molar-refractivity contribution is -0.140. The topological polar surface area (TPSA) is 81.0 Å². The second-order valence-electron chi connectivity index (χ2n) is 8.88. The third-order valence-corrected chi connectivity index (χ3v) is 6.29. The van der Waals surface area contributed by atoms with Crippen LogP contribution in [0.25, 0.3) is 0 Å². The van der Waals surface area contributed by atoms with Gasteiger partial charge in [0.25, 0.3) is 0 Å². The Labute approximate surface area is 223 Å². The minimum Gasteiger partial charge on any atom is -0.493 e. The molecule has 0 fully saturated rings. The molecule has 7 nitrogen and oxygen atoms in total. The van der Waals surface area contributed by atoms with Crippen LogP contribution in [0.1, 0.15) is 22.5 Å². The van der Waals surface area contributed by atoms with Gasteiger partial charge in [0.05, 0.1) is 33.4 Å². The first-order valence-corrected chi connectivity index (χ1v) is 12.5. The minimum absolute atomic E-state index is 0.101. The summed E-state index contributed by atoms with van der Waals surface area (Å²) in [4.78, 5) is 29.2. The molecule has 1 atom stereocenters. The van der Waals surface area contributed by atoms with Gasteiger partial charge in [0.1, 0.15) is 11.8 Å². The molecule has 2 amide bonds. The monoisotopic (exact) mass is 512 g/mol. The van der Waals surface area contributed by atoms with Gasteiger partial charge in [-0.25, -0.2) is 0 Å². The highest BCUT2D eigenvalue weighted by Gasteiger charge is 2.30. The molecule has 0 saturated carbocycles. The van der Waals surface area contributed by atoms with Crippen LogP contribution < -0.4 is 14.8 Å². The predicted octanol–water partition coefficient (Wildman–Crippen LogP) is 4.80. The van der Waals surface area contributed by atoms with E-state index in [1.165, 1.54) is 0 Å². The molecule has 1 unspecified atom stereocenters. The third kappa shape index (κ3) is 7.03. The van der Waals surface area contributed by atoms with E-state index in [0.717, 1.165) is 16.7 Å². The van der Waals surface area contributed by atoms with Gasteiger partial charge >= 0.3 is 0 Å². The average Bonchev–Trinajstić information content (AvgIpc) is 3.48. The molecule has 0 aliphatic rings. The first kappa shape index (κ1) is 26.5. The van der Waals surface area contributed by atoms with E-state index in [1.807, 2.05) is 66.7 Å². The first-order valence-electron chi connectivity index (χ1n) is 12.5. The van der Waals surface area contributed by atoms with Crippen LogP contribution in [0.5, 0.6) is 11.5 Å². The number of carbonyl (C=O) groups excluding carboxylic acids is 2. The summed E-state index contributed by atoms with van der Waals surface area (Å²) in [6, 6.07) is 27.7. The maximum Gasteiger partial charge on any atom is 0.243 e. The van der Waals surface area contributed by atoms with E-state index in [4.69, 9.17) is 13.9 Å². The zero-order valence-corrected chi connectivity index (χ0v) is 21.6. The van der Waals surface area contributed by atoms with E-state index < -0.39 is 6.04 Å². The Morgan fingerprint density at radius 1 is 0.816 bits per heavy atom. The number of benzene rings is 3. The Morgan fingerprint density at radius 2 is 1.50 bits per heavy atom. The number of carbonyl (C=O) groups is 2. The molecular weight excluding hydrogens is 480 g/mol. The molecule has 7 heteroatoms. The highest BCUT2D eigenvalue weighted by Crippen LogP contribution is 2.28. The average molecular weight is 513 g/mol. The van der Waals surface area contributed by atoms with Crippen molar-refractivity contribution in [1.82, 2.24) is 10.2 Å². The second kappa shape index (κ2) is 13.1. The van der Waals surface area contributed by atoms with Gasteiger partial charge < -0.3 is 24.1 Å². The molecule has 0 aliphatic carbocycles. The maximum atomic E-state index is 13.9. The molecule has 0 spiro atoms. The molecule has 1 N–H and O–H groups in total. The van der Waals surface area contributed by atoms with Crippen LogP contribution >= 0.6 is 0 Å². The molecule has 1 aromatic heterocycles. The highest BCUT2D eigenvalue weighted by atomic mass is 16.5. The Morgan fingerprint density at radius 3 is 2.13 bits per heavy atom. The number of nitrogens with zero attached hydrogens (tertiary/aromatic N) is 1. The quantitative estimate of drug-likeness (QED) is 0.295. The van der Waals surface area contributed by atoms with Crippen molar-refractivity contribution in [3.8, 4) is 11.5 Å². The number of nitrogens with one attached hydrogen (secondary N) is 1. The highest BCUT2D eigenvalue weighted by molar-refractivity contribution is 5.88. The third-order valence-electron chi connectivity index (χ3n) is 6.29.